The lowest BCUT2D eigenvalue weighted by molar-refractivity contribution is 0.410. The second-order valence-electron chi connectivity index (χ2n) is 4.77. The normalized spacial score (nSPS) is 20.8. The van der Waals surface area contributed by atoms with E-state index >= 15 is 0 Å². The molecule has 1 atom stereocenters. The van der Waals surface area contributed by atoms with Crippen LogP contribution in [-0.2, 0) is 0 Å². The van der Waals surface area contributed by atoms with E-state index in [0.717, 1.165) is 31.1 Å². The highest BCUT2D eigenvalue weighted by Crippen LogP contribution is 2.24. The molecule has 0 aromatic carbocycles. The molecule has 1 aliphatic heterocycles. The zero-order valence-corrected chi connectivity index (χ0v) is 10.6. The first-order chi connectivity index (χ1) is 8.20. The summed E-state index contributed by atoms with van der Waals surface area (Å²) in [6, 6.07) is 4.13. The van der Waals surface area contributed by atoms with Gasteiger partial charge in [0, 0.05) is 32.6 Å². The average Bonchev–Trinajstić information content (AvgIpc) is 2.76. The van der Waals surface area contributed by atoms with E-state index in [1.165, 1.54) is 6.42 Å². The van der Waals surface area contributed by atoms with Crippen molar-refractivity contribution >= 4 is 5.82 Å². The van der Waals surface area contributed by atoms with Gasteiger partial charge in [-0.05, 0) is 32.1 Å². The Morgan fingerprint density at radius 2 is 2.29 bits per heavy atom. The van der Waals surface area contributed by atoms with Crippen LogP contribution in [0.2, 0.25) is 0 Å². The van der Waals surface area contributed by atoms with Gasteiger partial charge in [-0.3, -0.25) is 0 Å². The van der Waals surface area contributed by atoms with Crippen molar-refractivity contribution in [2.75, 3.05) is 45.2 Å². The summed E-state index contributed by atoms with van der Waals surface area (Å²) in [6.07, 6.45) is 1.18. The van der Waals surface area contributed by atoms with Crippen molar-refractivity contribution in [3.63, 3.8) is 0 Å². The van der Waals surface area contributed by atoms with Crippen molar-refractivity contribution in [3.8, 4) is 0 Å². The summed E-state index contributed by atoms with van der Waals surface area (Å²) < 4.78 is 0. The third kappa shape index (κ3) is 2.92. The van der Waals surface area contributed by atoms with E-state index in [1.54, 1.807) is 0 Å². The van der Waals surface area contributed by atoms with Crippen LogP contribution in [0, 0.1) is 0 Å². The number of hydrogen-bond acceptors (Lipinski definition) is 5. The summed E-state index contributed by atoms with van der Waals surface area (Å²) in [7, 11) is 4.14. The molecule has 0 amide bonds. The molecule has 2 rings (SSSR count). The van der Waals surface area contributed by atoms with Gasteiger partial charge in [0.1, 0.15) is 0 Å². The minimum Gasteiger partial charge on any atom is -0.357 e. The molecule has 2 N–H and O–H groups in total. The Kier molecular flexibility index (Phi) is 3.91. The van der Waals surface area contributed by atoms with Crippen molar-refractivity contribution in [2.45, 2.75) is 12.3 Å². The summed E-state index contributed by atoms with van der Waals surface area (Å²) >= 11 is 0. The molecule has 0 saturated carbocycles. The third-order valence-electron chi connectivity index (χ3n) is 3.34. The van der Waals surface area contributed by atoms with Gasteiger partial charge in [0.2, 0.25) is 0 Å². The van der Waals surface area contributed by atoms with Crippen LogP contribution in [0.5, 0.6) is 0 Å². The lowest BCUT2D eigenvalue weighted by Crippen LogP contribution is -2.26. The van der Waals surface area contributed by atoms with Gasteiger partial charge in [0.15, 0.2) is 5.82 Å². The maximum Gasteiger partial charge on any atom is 0.151 e. The zero-order valence-electron chi connectivity index (χ0n) is 10.6. The summed E-state index contributed by atoms with van der Waals surface area (Å²) in [6.45, 7) is 3.68. The van der Waals surface area contributed by atoms with Crippen LogP contribution < -0.4 is 10.6 Å². The molecule has 94 valence electrons. The molecule has 1 fully saturated rings. The van der Waals surface area contributed by atoms with Crippen LogP contribution in [0.25, 0.3) is 0 Å². The molecule has 5 heteroatoms. The first kappa shape index (κ1) is 12.3. The second kappa shape index (κ2) is 5.42. The van der Waals surface area contributed by atoms with Gasteiger partial charge >= 0.3 is 0 Å². The smallest absolute Gasteiger partial charge is 0.151 e. The predicted molar refractivity (Wildman–Crippen MR) is 69.2 cm³/mol. The summed E-state index contributed by atoms with van der Waals surface area (Å²) in [5.74, 6) is 1.44. The number of likely N-dealkylation sites (tertiary alicyclic amines) is 1. The molecular weight excluding hydrogens is 214 g/mol. The molecule has 1 unspecified atom stereocenters. The van der Waals surface area contributed by atoms with Crippen molar-refractivity contribution in [3.05, 3.63) is 17.8 Å². The molecule has 1 aromatic rings. The minimum absolute atomic E-state index is 0.543. The lowest BCUT2D eigenvalue weighted by Gasteiger charge is -2.17. The Morgan fingerprint density at radius 1 is 1.47 bits per heavy atom. The Morgan fingerprint density at radius 3 is 2.82 bits per heavy atom. The maximum atomic E-state index is 5.52. The Balaban J connectivity index is 2.02. The number of nitrogens with zero attached hydrogens (tertiary/aromatic N) is 4. The zero-order chi connectivity index (χ0) is 12.3. The number of likely N-dealkylation sites (N-methyl/N-ethyl adjacent to an activating group) is 2. The van der Waals surface area contributed by atoms with Crippen LogP contribution in [0.4, 0.5) is 5.82 Å². The topological polar surface area (TPSA) is 58.3 Å². The van der Waals surface area contributed by atoms with Gasteiger partial charge in [-0.1, -0.05) is 0 Å². The van der Waals surface area contributed by atoms with Crippen molar-refractivity contribution in [2.24, 2.45) is 5.73 Å². The number of hydrogen-bond donors (Lipinski definition) is 1. The SMILES string of the molecule is CN1CCC(c2ccc(N(C)CCN)nn2)C1. The fourth-order valence-corrected chi connectivity index (χ4v) is 2.24. The molecule has 2 heterocycles. The van der Waals surface area contributed by atoms with Gasteiger partial charge in [-0.2, -0.15) is 5.10 Å². The molecule has 17 heavy (non-hydrogen) atoms. The number of aromatic nitrogens is 2. The van der Waals surface area contributed by atoms with Crippen LogP contribution in [0.1, 0.15) is 18.0 Å². The maximum absolute atomic E-state index is 5.52. The monoisotopic (exact) mass is 235 g/mol. The highest BCUT2D eigenvalue weighted by molar-refractivity contribution is 5.36. The lowest BCUT2D eigenvalue weighted by atomic mass is 10.1. The van der Waals surface area contributed by atoms with Crippen LogP contribution in [0.3, 0.4) is 0 Å². The van der Waals surface area contributed by atoms with E-state index in [1.807, 2.05) is 18.0 Å². The van der Waals surface area contributed by atoms with E-state index in [9.17, 15) is 0 Å². The minimum atomic E-state index is 0.543. The molecule has 0 spiro atoms. The predicted octanol–water partition coefficient (Wildman–Crippen LogP) is 0.291. The Bertz CT molecular complexity index is 350. The molecule has 1 aromatic heterocycles. The van der Waals surface area contributed by atoms with E-state index in [0.29, 0.717) is 12.5 Å². The van der Waals surface area contributed by atoms with E-state index in [2.05, 4.69) is 28.2 Å². The fraction of sp³-hybridized carbons (Fsp3) is 0.667. The van der Waals surface area contributed by atoms with Crippen LogP contribution in [-0.4, -0.2) is 55.4 Å². The van der Waals surface area contributed by atoms with E-state index in [4.69, 9.17) is 5.73 Å². The van der Waals surface area contributed by atoms with Gasteiger partial charge in [-0.25, -0.2) is 0 Å². The average molecular weight is 235 g/mol. The van der Waals surface area contributed by atoms with E-state index in [-0.39, 0.29) is 0 Å². The first-order valence-electron chi connectivity index (χ1n) is 6.14. The molecule has 0 radical (unpaired) electrons. The second-order valence-corrected chi connectivity index (χ2v) is 4.77. The summed E-state index contributed by atoms with van der Waals surface area (Å²) in [5, 5.41) is 8.61. The Labute approximate surface area is 103 Å². The summed E-state index contributed by atoms with van der Waals surface area (Å²) in [5.41, 5.74) is 6.63. The molecule has 0 bridgehead atoms. The van der Waals surface area contributed by atoms with Crippen molar-refractivity contribution < 1.29 is 0 Å². The van der Waals surface area contributed by atoms with Crippen molar-refractivity contribution in [1.29, 1.82) is 0 Å². The largest absolute Gasteiger partial charge is 0.357 e. The highest BCUT2D eigenvalue weighted by Gasteiger charge is 2.22. The quantitative estimate of drug-likeness (QED) is 0.813. The van der Waals surface area contributed by atoms with Gasteiger partial charge in [0.25, 0.3) is 0 Å². The first-order valence-corrected chi connectivity index (χ1v) is 6.14. The standard InChI is InChI=1S/C12H21N5/c1-16-7-5-10(9-16)11-3-4-12(15-14-11)17(2)8-6-13/h3-4,10H,5-9,13H2,1-2H3. The molecule has 1 saturated heterocycles. The summed E-state index contributed by atoms with van der Waals surface area (Å²) in [4.78, 5) is 4.36. The molecule has 0 aliphatic carbocycles. The molecular formula is C12H21N5. The number of anilines is 1. The van der Waals surface area contributed by atoms with Gasteiger partial charge < -0.3 is 15.5 Å². The molecule has 5 nitrogen and oxygen atoms in total. The number of nitrogens with two attached hydrogens (primary N) is 1. The fourth-order valence-electron chi connectivity index (χ4n) is 2.24. The Hall–Kier alpha value is -1.20. The van der Waals surface area contributed by atoms with Crippen molar-refractivity contribution in [1.82, 2.24) is 15.1 Å². The highest BCUT2D eigenvalue weighted by atomic mass is 15.2. The van der Waals surface area contributed by atoms with Gasteiger partial charge in [0.05, 0.1) is 5.69 Å². The molecule has 1 aliphatic rings. The third-order valence-corrected chi connectivity index (χ3v) is 3.34. The van der Waals surface area contributed by atoms with Gasteiger partial charge in [-0.15, -0.1) is 5.10 Å². The number of rotatable bonds is 4. The van der Waals surface area contributed by atoms with Crippen LogP contribution >= 0.6 is 0 Å². The van der Waals surface area contributed by atoms with Crippen LogP contribution in [0.15, 0.2) is 12.1 Å². The van der Waals surface area contributed by atoms with E-state index < -0.39 is 0 Å².